The van der Waals surface area contributed by atoms with Crippen LogP contribution in [0.15, 0.2) is 36.4 Å². The Labute approximate surface area is 89.2 Å². The van der Waals surface area contributed by atoms with Gasteiger partial charge in [0, 0.05) is 9.75 Å². The molecule has 1 heteroatoms. The predicted molar refractivity (Wildman–Crippen MR) is 63.9 cm³/mol. The molecule has 0 unspecified atom stereocenters. The molecule has 0 atom stereocenters. The molecule has 0 saturated heterocycles. The van der Waals surface area contributed by atoms with Crippen molar-refractivity contribution in [3.05, 3.63) is 46.2 Å². The summed E-state index contributed by atoms with van der Waals surface area (Å²) in [6, 6.07) is 12.9. The predicted octanol–water partition coefficient (Wildman–Crippen LogP) is 4.29. The molecule has 1 aromatic heterocycles. The Morgan fingerprint density at radius 2 is 1.86 bits per heavy atom. The van der Waals surface area contributed by atoms with Crippen molar-refractivity contribution in [1.29, 1.82) is 0 Å². The zero-order valence-electron chi connectivity index (χ0n) is 8.58. The van der Waals surface area contributed by atoms with Crippen LogP contribution in [0.4, 0.5) is 0 Å². The Bertz CT molecular complexity index is 412. The maximum atomic E-state index is 2.31. The molecule has 0 spiro atoms. The lowest BCUT2D eigenvalue weighted by Gasteiger charge is -1.97. The van der Waals surface area contributed by atoms with Gasteiger partial charge in [-0.3, -0.25) is 0 Å². The Kier molecular flexibility index (Phi) is 2.69. The van der Waals surface area contributed by atoms with E-state index in [0.717, 1.165) is 6.42 Å². The Hall–Kier alpha value is -1.08. The number of aryl methyl sites for hydroxylation is 2. The van der Waals surface area contributed by atoms with Gasteiger partial charge < -0.3 is 0 Å². The quantitative estimate of drug-likeness (QED) is 0.681. The number of hydrogen-bond donors (Lipinski definition) is 0. The van der Waals surface area contributed by atoms with Crippen molar-refractivity contribution >= 4 is 11.3 Å². The third kappa shape index (κ3) is 1.73. The first kappa shape index (κ1) is 9.47. The van der Waals surface area contributed by atoms with Crippen molar-refractivity contribution in [1.82, 2.24) is 0 Å². The minimum absolute atomic E-state index is 1.14. The normalized spacial score (nSPS) is 10.4. The summed E-state index contributed by atoms with van der Waals surface area (Å²) in [7, 11) is 0. The van der Waals surface area contributed by atoms with Crippen molar-refractivity contribution in [3.8, 4) is 11.1 Å². The summed E-state index contributed by atoms with van der Waals surface area (Å²) in [5.41, 5.74) is 2.73. The molecule has 0 radical (unpaired) electrons. The van der Waals surface area contributed by atoms with Gasteiger partial charge >= 0.3 is 0 Å². The zero-order valence-corrected chi connectivity index (χ0v) is 9.40. The van der Waals surface area contributed by atoms with E-state index in [4.69, 9.17) is 0 Å². The highest BCUT2D eigenvalue weighted by Gasteiger charge is 2.05. The maximum Gasteiger partial charge on any atom is 0.00955 e. The number of benzene rings is 1. The van der Waals surface area contributed by atoms with Gasteiger partial charge in [0.2, 0.25) is 0 Å². The van der Waals surface area contributed by atoms with Crippen LogP contribution in [0.1, 0.15) is 16.7 Å². The lowest BCUT2D eigenvalue weighted by Crippen LogP contribution is -1.74. The summed E-state index contributed by atoms with van der Waals surface area (Å²) in [4.78, 5) is 2.90. The average Bonchev–Trinajstić information content (AvgIpc) is 2.61. The third-order valence-electron chi connectivity index (χ3n) is 2.40. The fraction of sp³-hybridized carbons (Fsp3) is 0.231. The minimum Gasteiger partial charge on any atom is -0.145 e. The molecule has 0 nitrogen and oxygen atoms in total. The molecule has 1 aromatic carbocycles. The van der Waals surface area contributed by atoms with Gasteiger partial charge in [0.15, 0.2) is 0 Å². The van der Waals surface area contributed by atoms with E-state index in [-0.39, 0.29) is 0 Å². The van der Waals surface area contributed by atoms with Gasteiger partial charge in [-0.1, -0.05) is 37.3 Å². The van der Waals surface area contributed by atoms with E-state index in [1.54, 1.807) is 0 Å². The van der Waals surface area contributed by atoms with Gasteiger partial charge in [0.25, 0.3) is 0 Å². The van der Waals surface area contributed by atoms with E-state index in [1.807, 2.05) is 11.3 Å². The van der Waals surface area contributed by atoms with Crippen LogP contribution in [-0.2, 0) is 6.42 Å². The lowest BCUT2D eigenvalue weighted by molar-refractivity contribution is 1.19. The van der Waals surface area contributed by atoms with Crippen molar-refractivity contribution in [2.45, 2.75) is 20.3 Å². The molecular formula is C13H14S. The smallest absolute Gasteiger partial charge is 0.00955 e. The molecule has 0 aliphatic rings. The summed E-state index contributed by atoms with van der Waals surface area (Å²) in [6.45, 7) is 4.41. The molecule has 2 aromatic rings. The first-order valence-electron chi connectivity index (χ1n) is 4.96. The molecule has 2 rings (SSSR count). The third-order valence-corrected chi connectivity index (χ3v) is 3.60. The SMILES string of the molecule is CCc1cc(-c2ccccc2)c(C)s1. The average molecular weight is 202 g/mol. The molecular weight excluding hydrogens is 188 g/mol. The second-order valence-corrected chi connectivity index (χ2v) is 4.74. The maximum absolute atomic E-state index is 2.31. The molecule has 0 saturated carbocycles. The van der Waals surface area contributed by atoms with Crippen LogP contribution in [0.2, 0.25) is 0 Å². The van der Waals surface area contributed by atoms with E-state index < -0.39 is 0 Å². The lowest BCUT2D eigenvalue weighted by atomic mass is 10.1. The van der Waals surface area contributed by atoms with Crippen molar-refractivity contribution in [2.75, 3.05) is 0 Å². The minimum atomic E-state index is 1.14. The second kappa shape index (κ2) is 3.97. The first-order valence-corrected chi connectivity index (χ1v) is 5.77. The molecule has 0 aliphatic heterocycles. The van der Waals surface area contributed by atoms with Crippen LogP contribution in [0.3, 0.4) is 0 Å². The summed E-state index contributed by atoms with van der Waals surface area (Å²) in [5.74, 6) is 0. The number of hydrogen-bond acceptors (Lipinski definition) is 1. The van der Waals surface area contributed by atoms with Crippen LogP contribution in [0, 0.1) is 6.92 Å². The van der Waals surface area contributed by atoms with Gasteiger partial charge in [-0.25, -0.2) is 0 Å². The largest absolute Gasteiger partial charge is 0.145 e. The molecule has 72 valence electrons. The molecule has 1 heterocycles. The monoisotopic (exact) mass is 202 g/mol. The topological polar surface area (TPSA) is 0 Å². The van der Waals surface area contributed by atoms with E-state index in [9.17, 15) is 0 Å². The Morgan fingerprint density at radius 3 is 2.43 bits per heavy atom. The van der Waals surface area contributed by atoms with Crippen LogP contribution in [0.5, 0.6) is 0 Å². The first-order chi connectivity index (χ1) is 6.81. The molecule has 0 aliphatic carbocycles. The zero-order chi connectivity index (χ0) is 9.97. The second-order valence-electron chi connectivity index (χ2n) is 3.40. The van der Waals surface area contributed by atoms with Gasteiger partial charge in [0.1, 0.15) is 0 Å². The van der Waals surface area contributed by atoms with Crippen molar-refractivity contribution in [2.24, 2.45) is 0 Å². The van der Waals surface area contributed by atoms with E-state index in [2.05, 4.69) is 50.2 Å². The molecule has 0 bridgehead atoms. The van der Waals surface area contributed by atoms with E-state index in [1.165, 1.54) is 20.9 Å². The Balaban J connectivity index is 2.46. The Morgan fingerprint density at radius 1 is 1.14 bits per heavy atom. The highest BCUT2D eigenvalue weighted by molar-refractivity contribution is 7.12. The van der Waals surface area contributed by atoms with Gasteiger partial charge in [-0.2, -0.15) is 0 Å². The summed E-state index contributed by atoms with van der Waals surface area (Å²) >= 11 is 1.91. The van der Waals surface area contributed by atoms with Crippen LogP contribution in [-0.4, -0.2) is 0 Å². The van der Waals surface area contributed by atoms with Crippen LogP contribution >= 0.6 is 11.3 Å². The molecule has 0 N–H and O–H groups in total. The highest BCUT2D eigenvalue weighted by atomic mass is 32.1. The number of thiophene rings is 1. The van der Waals surface area contributed by atoms with E-state index >= 15 is 0 Å². The summed E-state index contributed by atoms with van der Waals surface area (Å²) in [5, 5.41) is 0. The number of rotatable bonds is 2. The van der Waals surface area contributed by atoms with Gasteiger partial charge in [0.05, 0.1) is 0 Å². The molecule has 14 heavy (non-hydrogen) atoms. The van der Waals surface area contributed by atoms with Crippen molar-refractivity contribution < 1.29 is 0 Å². The standard InChI is InChI=1S/C13H14S/c1-3-12-9-13(10(2)14-12)11-7-5-4-6-8-11/h4-9H,3H2,1-2H3. The van der Waals surface area contributed by atoms with Gasteiger partial charge in [-0.05, 0) is 30.5 Å². The molecule has 0 fully saturated rings. The molecule has 0 amide bonds. The fourth-order valence-corrected chi connectivity index (χ4v) is 2.62. The fourth-order valence-electron chi connectivity index (χ4n) is 1.62. The van der Waals surface area contributed by atoms with Crippen LogP contribution in [0.25, 0.3) is 11.1 Å². The summed E-state index contributed by atoms with van der Waals surface area (Å²) in [6.07, 6.45) is 1.14. The summed E-state index contributed by atoms with van der Waals surface area (Å²) < 4.78 is 0. The van der Waals surface area contributed by atoms with E-state index in [0.29, 0.717) is 0 Å². The van der Waals surface area contributed by atoms with Crippen molar-refractivity contribution in [3.63, 3.8) is 0 Å². The highest BCUT2D eigenvalue weighted by Crippen LogP contribution is 2.30. The van der Waals surface area contributed by atoms with Gasteiger partial charge in [-0.15, -0.1) is 11.3 Å². The van der Waals surface area contributed by atoms with Crippen LogP contribution < -0.4 is 0 Å².